The van der Waals surface area contributed by atoms with Crippen LogP contribution in [0.15, 0.2) is 0 Å². The van der Waals surface area contributed by atoms with Crippen molar-refractivity contribution in [1.29, 1.82) is 0 Å². The summed E-state index contributed by atoms with van der Waals surface area (Å²) >= 11 is 0. The monoisotopic (exact) mass is 243 g/mol. The number of nitrogens with one attached hydrogen (secondary N) is 3. The van der Waals surface area contributed by atoms with Crippen LogP contribution in [0.25, 0.3) is 0 Å². The van der Waals surface area contributed by atoms with Crippen molar-refractivity contribution in [1.82, 2.24) is 16.0 Å². The molecular weight excluding hydrogens is 222 g/mol. The van der Waals surface area contributed by atoms with Gasteiger partial charge in [0.1, 0.15) is 0 Å². The van der Waals surface area contributed by atoms with Crippen LogP contribution in [0.4, 0.5) is 0 Å². The quantitative estimate of drug-likeness (QED) is 0.489. The molecule has 0 radical (unpaired) electrons. The zero-order valence-electron chi connectivity index (χ0n) is 10.5. The van der Waals surface area contributed by atoms with Crippen LogP contribution in [-0.2, 0) is 9.59 Å². The summed E-state index contributed by atoms with van der Waals surface area (Å²) in [5, 5.41) is 17.5. The third-order valence-corrected chi connectivity index (χ3v) is 2.97. The predicted octanol–water partition coefficient (Wildman–Crippen LogP) is -1.40. The SMILES string of the molecule is CNC(=O)C(C)(C)CNC(=O)C1CC(O)CN1. The van der Waals surface area contributed by atoms with Gasteiger partial charge in [-0.15, -0.1) is 0 Å². The van der Waals surface area contributed by atoms with Crippen molar-refractivity contribution in [3.63, 3.8) is 0 Å². The fourth-order valence-corrected chi connectivity index (χ4v) is 1.77. The Balaban J connectivity index is 2.40. The summed E-state index contributed by atoms with van der Waals surface area (Å²) in [6.45, 7) is 4.25. The lowest BCUT2D eigenvalue weighted by Crippen LogP contribution is -2.48. The third kappa shape index (κ3) is 3.67. The number of hydrogen-bond donors (Lipinski definition) is 4. The number of aliphatic hydroxyl groups is 1. The summed E-state index contributed by atoms with van der Waals surface area (Å²) in [4.78, 5) is 23.2. The molecule has 1 rings (SSSR count). The summed E-state index contributed by atoms with van der Waals surface area (Å²) in [6.07, 6.45) is -0.0376. The smallest absolute Gasteiger partial charge is 0.237 e. The lowest BCUT2D eigenvalue weighted by atomic mass is 9.92. The molecule has 6 nitrogen and oxygen atoms in total. The molecule has 1 aliphatic rings. The van der Waals surface area contributed by atoms with Gasteiger partial charge in [-0.25, -0.2) is 0 Å². The summed E-state index contributed by atoms with van der Waals surface area (Å²) < 4.78 is 0. The fourth-order valence-electron chi connectivity index (χ4n) is 1.77. The topological polar surface area (TPSA) is 90.5 Å². The van der Waals surface area contributed by atoms with Crippen LogP contribution in [0.1, 0.15) is 20.3 Å². The van der Waals surface area contributed by atoms with Gasteiger partial charge in [0.25, 0.3) is 0 Å². The van der Waals surface area contributed by atoms with Crippen LogP contribution in [-0.4, -0.2) is 49.2 Å². The van der Waals surface area contributed by atoms with Gasteiger partial charge in [-0.05, 0) is 20.3 Å². The molecule has 2 unspecified atom stereocenters. The molecule has 0 aromatic carbocycles. The Kier molecular flexibility index (Phi) is 4.47. The van der Waals surface area contributed by atoms with E-state index in [1.165, 1.54) is 0 Å². The predicted molar refractivity (Wildman–Crippen MR) is 63.3 cm³/mol. The van der Waals surface area contributed by atoms with Gasteiger partial charge in [0.05, 0.1) is 17.6 Å². The Hall–Kier alpha value is -1.14. The average Bonchev–Trinajstić information content (AvgIpc) is 2.71. The fraction of sp³-hybridized carbons (Fsp3) is 0.818. The average molecular weight is 243 g/mol. The van der Waals surface area contributed by atoms with Gasteiger partial charge in [0, 0.05) is 20.1 Å². The number of carbonyl (C=O) groups excluding carboxylic acids is 2. The minimum Gasteiger partial charge on any atom is -0.392 e. The lowest BCUT2D eigenvalue weighted by molar-refractivity contribution is -0.129. The highest BCUT2D eigenvalue weighted by Gasteiger charge is 2.31. The molecule has 0 saturated carbocycles. The first-order valence-electron chi connectivity index (χ1n) is 5.78. The van der Waals surface area contributed by atoms with Crippen molar-refractivity contribution in [2.75, 3.05) is 20.1 Å². The minimum atomic E-state index is -0.637. The van der Waals surface area contributed by atoms with E-state index in [1.54, 1.807) is 20.9 Å². The van der Waals surface area contributed by atoms with E-state index in [-0.39, 0.29) is 24.4 Å². The molecule has 0 bridgehead atoms. The first kappa shape index (κ1) is 13.9. The van der Waals surface area contributed by atoms with Crippen molar-refractivity contribution in [3.8, 4) is 0 Å². The van der Waals surface area contributed by atoms with E-state index in [0.717, 1.165) is 0 Å². The van der Waals surface area contributed by atoms with Crippen LogP contribution in [0.2, 0.25) is 0 Å². The van der Waals surface area contributed by atoms with Gasteiger partial charge in [-0.1, -0.05) is 0 Å². The van der Waals surface area contributed by atoms with Crippen LogP contribution < -0.4 is 16.0 Å². The van der Waals surface area contributed by atoms with Crippen LogP contribution in [0.5, 0.6) is 0 Å². The maximum Gasteiger partial charge on any atom is 0.237 e. The molecule has 1 fully saturated rings. The van der Waals surface area contributed by atoms with Crippen molar-refractivity contribution in [3.05, 3.63) is 0 Å². The second-order valence-electron chi connectivity index (χ2n) is 5.03. The van der Waals surface area contributed by atoms with Gasteiger partial charge >= 0.3 is 0 Å². The molecule has 2 atom stereocenters. The zero-order valence-corrected chi connectivity index (χ0v) is 10.5. The summed E-state index contributed by atoms with van der Waals surface area (Å²) in [5.74, 6) is -0.282. The van der Waals surface area contributed by atoms with E-state index < -0.39 is 11.5 Å². The first-order chi connectivity index (χ1) is 7.86. The summed E-state index contributed by atoms with van der Waals surface area (Å²) in [7, 11) is 1.57. The highest BCUT2D eigenvalue weighted by Crippen LogP contribution is 2.14. The molecule has 4 N–H and O–H groups in total. The van der Waals surface area contributed by atoms with E-state index in [4.69, 9.17) is 0 Å². The highest BCUT2D eigenvalue weighted by atomic mass is 16.3. The van der Waals surface area contributed by atoms with Gasteiger partial charge in [-0.3, -0.25) is 9.59 Å². The largest absolute Gasteiger partial charge is 0.392 e. The molecule has 2 amide bonds. The standard InChI is InChI=1S/C11H21N3O3/c1-11(2,10(17)12-3)6-14-9(16)8-4-7(15)5-13-8/h7-8,13,15H,4-6H2,1-3H3,(H,12,17)(H,14,16). The maximum absolute atomic E-state index is 11.7. The van der Waals surface area contributed by atoms with E-state index >= 15 is 0 Å². The number of carbonyl (C=O) groups is 2. The van der Waals surface area contributed by atoms with Gasteiger partial charge in [0.2, 0.25) is 11.8 Å². The molecule has 98 valence electrons. The number of amides is 2. The lowest BCUT2D eigenvalue weighted by Gasteiger charge is -2.23. The van der Waals surface area contributed by atoms with E-state index in [2.05, 4.69) is 16.0 Å². The molecule has 0 aliphatic carbocycles. The van der Waals surface area contributed by atoms with Crippen molar-refractivity contribution >= 4 is 11.8 Å². The molecule has 1 saturated heterocycles. The van der Waals surface area contributed by atoms with Crippen molar-refractivity contribution in [2.24, 2.45) is 5.41 Å². The number of aliphatic hydroxyl groups excluding tert-OH is 1. The Bertz CT molecular complexity index is 304. The van der Waals surface area contributed by atoms with Crippen molar-refractivity contribution in [2.45, 2.75) is 32.4 Å². The maximum atomic E-state index is 11.7. The van der Waals surface area contributed by atoms with Crippen molar-refractivity contribution < 1.29 is 14.7 Å². The van der Waals surface area contributed by atoms with Crippen LogP contribution in [0.3, 0.4) is 0 Å². The van der Waals surface area contributed by atoms with Gasteiger partial charge < -0.3 is 21.1 Å². The Morgan fingerprint density at radius 1 is 1.47 bits per heavy atom. The Morgan fingerprint density at radius 2 is 2.12 bits per heavy atom. The first-order valence-corrected chi connectivity index (χ1v) is 5.78. The van der Waals surface area contributed by atoms with Crippen LogP contribution in [0, 0.1) is 5.41 Å². The molecule has 17 heavy (non-hydrogen) atoms. The summed E-state index contributed by atoms with van der Waals surface area (Å²) in [5.41, 5.74) is -0.637. The molecular formula is C11H21N3O3. The summed E-state index contributed by atoms with van der Waals surface area (Å²) in [6, 6.07) is -0.356. The second-order valence-corrected chi connectivity index (χ2v) is 5.03. The molecule has 1 aliphatic heterocycles. The second kappa shape index (κ2) is 5.46. The van der Waals surface area contributed by atoms with Gasteiger partial charge in [0.15, 0.2) is 0 Å². The van der Waals surface area contributed by atoms with E-state index in [9.17, 15) is 14.7 Å². The number of rotatable bonds is 4. The minimum absolute atomic E-state index is 0.114. The molecule has 0 aromatic rings. The highest BCUT2D eigenvalue weighted by molar-refractivity contribution is 5.85. The number of hydrogen-bond acceptors (Lipinski definition) is 4. The Labute approximate surface area is 101 Å². The Morgan fingerprint density at radius 3 is 2.59 bits per heavy atom. The molecule has 1 heterocycles. The molecule has 6 heteroatoms. The van der Waals surface area contributed by atoms with E-state index in [1.807, 2.05) is 0 Å². The molecule has 0 spiro atoms. The number of β-amino-alcohol motifs (C(OH)–C–C–N with tert-alkyl or cyclic N) is 1. The normalized spacial score (nSPS) is 24.5. The van der Waals surface area contributed by atoms with Crippen LogP contribution >= 0.6 is 0 Å². The van der Waals surface area contributed by atoms with Gasteiger partial charge in [-0.2, -0.15) is 0 Å². The zero-order chi connectivity index (χ0) is 13.1. The van der Waals surface area contributed by atoms with E-state index in [0.29, 0.717) is 13.0 Å². The molecule has 0 aromatic heterocycles. The third-order valence-electron chi connectivity index (χ3n) is 2.97.